The Kier molecular flexibility index (Phi) is 10.6. The van der Waals surface area contributed by atoms with Gasteiger partial charge in [0.25, 0.3) is 0 Å². The van der Waals surface area contributed by atoms with Crippen molar-refractivity contribution in [3.8, 4) is 0 Å². The molecule has 10 nitrogen and oxygen atoms in total. The zero-order valence-corrected chi connectivity index (χ0v) is 19.1. The van der Waals surface area contributed by atoms with Gasteiger partial charge in [-0.25, -0.2) is 4.79 Å². The molecular weight excluding hydrogens is 452 g/mol. The fourth-order valence-corrected chi connectivity index (χ4v) is 3.64. The van der Waals surface area contributed by atoms with Gasteiger partial charge in [0, 0.05) is 24.4 Å². The van der Waals surface area contributed by atoms with Crippen LogP contribution in [0.3, 0.4) is 0 Å². The van der Waals surface area contributed by atoms with Crippen LogP contribution in [0.2, 0.25) is 0 Å². The van der Waals surface area contributed by atoms with E-state index < -0.39 is 42.4 Å². The van der Waals surface area contributed by atoms with Gasteiger partial charge in [-0.2, -0.15) is 0 Å². The van der Waals surface area contributed by atoms with Gasteiger partial charge in [0.15, 0.2) is 0 Å². The normalized spacial score (nSPS) is 13.3. The Labute approximate surface area is 203 Å². The molecule has 0 aliphatic carbocycles. The number of carboxylic acid groups (broad SMARTS) is 2. The number of aldehydes is 1. The van der Waals surface area contributed by atoms with E-state index in [2.05, 4.69) is 10.6 Å². The number of aliphatic carboxylic acids is 2. The van der Waals surface area contributed by atoms with Crippen LogP contribution in [0.5, 0.6) is 0 Å². The van der Waals surface area contributed by atoms with E-state index in [9.17, 15) is 29.4 Å². The molecule has 0 radical (unpaired) electrons. The monoisotopic (exact) mass is 482 g/mol. The maximum Gasteiger partial charge on any atom is 0.326 e. The van der Waals surface area contributed by atoms with Gasteiger partial charge in [-0.1, -0.05) is 48.5 Å². The van der Waals surface area contributed by atoms with Crippen LogP contribution >= 0.6 is 0 Å². The van der Waals surface area contributed by atoms with Crippen LogP contribution in [0, 0.1) is 5.41 Å². The Balaban J connectivity index is 2.26. The summed E-state index contributed by atoms with van der Waals surface area (Å²) >= 11 is 0. The first kappa shape index (κ1) is 27.2. The van der Waals surface area contributed by atoms with E-state index in [0.29, 0.717) is 29.5 Å². The van der Waals surface area contributed by atoms with E-state index in [1.54, 1.807) is 54.6 Å². The van der Waals surface area contributed by atoms with E-state index in [0.717, 1.165) is 6.29 Å². The van der Waals surface area contributed by atoms with Gasteiger partial charge in [0.1, 0.15) is 18.2 Å². The van der Waals surface area contributed by atoms with Gasteiger partial charge < -0.3 is 26.1 Å². The number of unbranched alkanes of at least 4 members (excludes halogenated alkanes) is 1. The molecule has 0 spiro atoms. The number of carbonyl (C=O) groups excluding carboxylic acids is 2. The van der Waals surface area contributed by atoms with Crippen molar-refractivity contribution >= 4 is 30.0 Å². The average Bonchev–Trinajstić information content (AvgIpc) is 2.82. The van der Waals surface area contributed by atoms with Crippen LogP contribution in [-0.2, 0) is 25.6 Å². The maximum absolute atomic E-state index is 13.0. The summed E-state index contributed by atoms with van der Waals surface area (Å²) in [6, 6.07) is 12.5. The lowest BCUT2D eigenvalue weighted by molar-refractivity contribution is -0.143. The van der Waals surface area contributed by atoms with Gasteiger partial charge in [-0.3, -0.25) is 20.3 Å². The number of nitrogens with two attached hydrogens (primary N) is 1. The van der Waals surface area contributed by atoms with Crippen molar-refractivity contribution in [3.05, 3.63) is 71.3 Å². The second kappa shape index (κ2) is 13.6. The zero-order chi connectivity index (χ0) is 25.8. The molecule has 0 aliphatic rings. The second-order valence-corrected chi connectivity index (χ2v) is 8.10. The first-order chi connectivity index (χ1) is 16.7. The lowest BCUT2D eigenvalue weighted by Gasteiger charge is -2.26. The number of amidine groups is 1. The summed E-state index contributed by atoms with van der Waals surface area (Å²) in [5.41, 5.74) is 7.40. The molecule has 2 aromatic carbocycles. The van der Waals surface area contributed by atoms with Crippen LogP contribution in [0.15, 0.2) is 54.6 Å². The minimum atomic E-state index is -1.25. The Morgan fingerprint density at radius 2 is 1.74 bits per heavy atom. The summed E-state index contributed by atoms with van der Waals surface area (Å²) in [4.78, 5) is 47.2. The number of amides is 1. The molecule has 35 heavy (non-hydrogen) atoms. The second-order valence-electron chi connectivity index (χ2n) is 8.10. The number of benzene rings is 2. The molecular formula is C25H30N4O6. The van der Waals surface area contributed by atoms with E-state index >= 15 is 0 Å². The zero-order valence-electron chi connectivity index (χ0n) is 19.1. The third-order valence-electron chi connectivity index (χ3n) is 5.41. The number of hydrogen-bond donors (Lipinski definition) is 6. The van der Waals surface area contributed by atoms with Crippen molar-refractivity contribution in [1.82, 2.24) is 10.6 Å². The predicted octanol–water partition coefficient (Wildman–Crippen LogP) is 1.63. The topological polar surface area (TPSA) is 183 Å². The molecule has 3 atom stereocenters. The van der Waals surface area contributed by atoms with Crippen molar-refractivity contribution in [2.24, 2.45) is 5.73 Å². The van der Waals surface area contributed by atoms with Gasteiger partial charge in [0.2, 0.25) is 5.91 Å². The predicted molar refractivity (Wildman–Crippen MR) is 129 cm³/mol. The lowest BCUT2D eigenvalue weighted by atomic mass is 9.97. The molecule has 10 heteroatoms. The van der Waals surface area contributed by atoms with Crippen molar-refractivity contribution in [3.63, 3.8) is 0 Å². The molecule has 0 bridgehead atoms. The number of hydrogen-bond acceptors (Lipinski definition) is 6. The number of carboxylic acids is 2. The van der Waals surface area contributed by atoms with E-state index in [-0.39, 0.29) is 18.7 Å². The highest BCUT2D eigenvalue weighted by Gasteiger charge is 2.29. The molecule has 0 saturated heterocycles. The fraction of sp³-hybridized carbons (Fsp3) is 0.320. The van der Waals surface area contributed by atoms with Crippen LogP contribution < -0.4 is 16.4 Å². The van der Waals surface area contributed by atoms with E-state index in [1.165, 1.54) is 0 Å². The van der Waals surface area contributed by atoms with E-state index in [1.807, 2.05) is 0 Å². The van der Waals surface area contributed by atoms with Gasteiger partial charge in [-0.15, -0.1) is 0 Å². The van der Waals surface area contributed by atoms with Crippen LogP contribution in [-0.4, -0.2) is 52.3 Å². The highest BCUT2D eigenvalue weighted by atomic mass is 16.4. The molecule has 2 rings (SSSR count). The molecule has 7 N–H and O–H groups in total. The molecule has 0 aliphatic heterocycles. The van der Waals surface area contributed by atoms with Crippen molar-refractivity contribution < 1.29 is 29.4 Å². The van der Waals surface area contributed by atoms with Crippen molar-refractivity contribution in [2.45, 2.75) is 50.2 Å². The van der Waals surface area contributed by atoms with Gasteiger partial charge in [-0.05, 0) is 30.0 Å². The molecule has 1 amide bonds. The first-order valence-electron chi connectivity index (χ1n) is 11.1. The summed E-state index contributed by atoms with van der Waals surface area (Å²) in [6.07, 6.45) is 1.36. The molecule has 0 fully saturated rings. The molecule has 0 aromatic heterocycles. The highest BCUT2D eigenvalue weighted by Crippen LogP contribution is 2.22. The van der Waals surface area contributed by atoms with Crippen molar-refractivity contribution in [1.29, 1.82) is 5.41 Å². The SMILES string of the molecule is N=C(N)c1cccc(C(CCCC=O)N[C@@H](CC(=O)O)C(=O)N[C@@H](Cc2ccccc2)C(=O)O)c1. The Hall–Kier alpha value is -4.05. The van der Waals surface area contributed by atoms with Gasteiger partial charge in [0.05, 0.1) is 12.5 Å². The quantitative estimate of drug-likeness (QED) is 0.0957. The maximum atomic E-state index is 13.0. The number of rotatable bonds is 15. The van der Waals surface area contributed by atoms with Gasteiger partial charge >= 0.3 is 11.9 Å². The summed E-state index contributed by atoms with van der Waals surface area (Å²) in [5, 5.41) is 32.2. The molecule has 0 saturated carbocycles. The smallest absolute Gasteiger partial charge is 0.326 e. The highest BCUT2D eigenvalue weighted by molar-refractivity contribution is 5.95. The Morgan fingerprint density at radius 3 is 2.34 bits per heavy atom. The Bertz CT molecular complexity index is 1040. The average molecular weight is 483 g/mol. The standard InChI is InChI=1S/C25H30N4O6/c26-23(27)18-10-6-9-17(14-18)19(11-4-5-12-30)28-20(15-22(31)32)24(33)29-21(25(34)35)13-16-7-2-1-3-8-16/h1-3,6-10,12,14,19-21,28H,4-5,11,13,15H2,(H3,26,27)(H,29,33)(H,31,32)(H,34,35)/t19?,20-,21-/m0/s1. The number of nitrogens with one attached hydrogen (secondary N) is 3. The molecule has 186 valence electrons. The van der Waals surface area contributed by atoms with Crippen LogP contribution in [0.1, 0.15) is 48.4 Å². The number of nitrogen functional groups attached to an aromatic ring is 1. The van der Waals surface area contributed by atoms with E-state index in [4.69, 9.17) is 11.1 Å². The summed E-state index contributed by atoms with van der Waals surface area (Å²) in [5.74, 6) is -3.40. The van der Waals surface area contributed by atoms with Crippen molar-refractivity contribution in [2.75, 3.05) is 0 Å². The Morgan fingerprint density at radius 1 is 1.03 bits per heavy atom. The minimum Gasteiger partial charge on any atom is -0.481 e. The summed E-state index contributed by atoms with van der Waals surface area (Å²) in [6.45, 7) is 0. The largest absolute Gasteiger partial charge is 0.481 e. The third kappa shape index (κ3) is 9.01. The summed E-state index contributed by atoms with van der Waals surface area (Å²) < 4.78 is 0. The molecule has 0 heterocycles. The first-order valence-corrected chi connectivity index (χ1v) is 11.1. The molecule has 1 unspecified atom stereocenters. The number of carbonyl (C=O) groups is 4. The minimum absolute atomic E-state index is 0.0329. The van der Waals surface area contributed by atoms with Crippen LogP contribution in [0.4, 0.5) is 0 Å². The summed E-state index contributed by atoms with van der Waals surface area (Å²) in [7, 11) is 0. The fourth-order valence-electron chi connectivity index (χ4n) is 3.64. The van der Waals surface area contributed by atoms with Crippen LogP contribution in [0.25, 0.3) is 0 Å². The third-order valence-corrected chi connectivity index (χ3v) is 5.41. The molecule has 2 aromatic rings. The lowest BCUT2D eigenvalue weighted by Crippen LogP contribution is -2.52.